The monoisotopic (exact) mass is 351 g/mol. The highest BCUT2D eigenvalue weighted by atomic mass is 16.6. The molecule has 3 aromatic rings. The zero-order chi connectivity index (χ0) is 17.9. The van der Waals surface area contributed by atoms with Crippen LogP contribution in [0.5, 0.6) is 11.5 Å². The fourth-order valence-corrected chi connectivity index (χ4v) is 3.33. The first-order valence-electron chi connectivity index (χ1n) is 9.02. The van der Waals surface area contributed by atoms with Crippen LogP contribution in [0.1, 0.15) is 16.7 Å². The molecule has 0 saturated carbocycles. The summed E-state index contributed by atoms with van der Waals surface area (Å²) in [7, 11) is 0. The normalized spacial score (nSPS) is 13.1. The van der Waals surface area contributed by atoms with Gasteiger partial charge in [-0.1, -0.05) is 29.8 Å². The molecule has 1 aliphatic rings. The Morgan fingerprint density at radius 2 is 1.88 bits per heavy atom. The Balaban J connectivity index is 1.46. The summed E-state index contributed by atoms with van der Waals surface area (Å²) in [5.41, 5.74) is 4.13. The molecule has 0 fully saturated rings. The molecule has 26 heavy (non-hydrogen) atoms. The standard InChI is InChI=1S/C21H22N2O3/c1-14-3-2-4-15(9-14)5-6-22-13-17-10-16-11-19-20(26-8-7-25-19)12-18(16)23-21(17)24/h2-4,9-12,22H,5-8,13H2,1H3,(H,23,24)/p+1. The van der Waals surface area contributed by atoms with Gasteiger partial charge in [0.05, 0.1) is 17.6 Å². The second kappa shape index (κ2) is 7.22. The number of fused-ring (bicyclic) bond motifs is 2. The summed E-state index contributed by atoms with van der Waals surface area (Å²) in [5, 5.41) is 3.15. The van der Waals surface area contributed by atoms with Crippen LogP contribution in [-0.2, 0) is 13.0 Å². The Labute approximate surface area is 152 Å². The van der Waals surface area contributed by atoms with Crippen molar-refractivity contribution in [3.05, 3.63) is 69.5 Å². The van der Waals surface area contributed by atoms with E-state index in [9.17, 15) is 4.79 Å². The van der Waals surface area contributed by atoms with E-state index >= 15 is 0 Å². The maximum atomic E-state index is 12.4. The third kappa shape index (κ3) is 3.58. The first-order chi connectivity index (χ1) is 12.7. The molecule has 1 aliphatic heterocycles. The van der Waals surface area contributed by atoms with Crippen LogP contribution >= 0.6 is 0 Å². The summed E-state index contributed by atoms with van der Waals surface area (Å²) in [6, 6.07) is 14.3. The number of H-pyrrole nitrogens is 1. The molecule has 3 N–H and O–H groups in total. The zero-order valence-electron chi connectivity index (χ0n) is 14.9. The van der Waals surface area contributed by atoms with Crippen molar-refractivity contribution in [2.75, 3.05) is 19.8 Å². The molecule has 0 atom stereocenters. The number of ether oxygens (including phenoxy) is 2. The topological polar surface area (TPSA) is 67.9 Å². The van der Waals surface area contributed by atoms with Crippen LogP contribution in [-0.4, -0.2) is 24.7 Å². The fraction of sp³-hybridized carbons (Fsp3) is 0.286. The molecule has 0 bridgehead atoms. The van der Waals surface area contributed by atoms with Crippen LogP contribution in [0.4, 0.5) is 0 Å². The van der Waals surface area contributed by atoms with Crippen molar-refractivity contribution in [3.63, 3.8) is 0 Å². The van der Waals surface area contributed by atoms with E-state index in [0.29, 0.717) is 25.5 Å². The number of nitrogens with one attached hydrogen (secondary N) is 1. The molecule has 5 nitrogen and oxygen atoms in total. The molecule has 2 aromatic carbocycles. The predicted octanol–water partition coefficient (Wildman–Crippen LogP) is 1.91. The second-order valence-corrected chi connectivity index (χ2v) is 6.73. The lowest BCUT2D eigenvalue weighted by atomic mass is 10.1. The van der Waals surface area contributed by atoms with E-state index in [-0.39, 0.29) is 5.56 Å². The highest BCUT2D eigenvalue weighted by Gasteiger charge is 2.14. The zero-order valence-corrected chi connectivity index (χ0v) is 14.9. The van der Waals surface area contributed by atoms with Crippen LogP contribution < -0.4 is 20.3 Å². The van der Waals surface area contributed by atoms with Crippen molar-refractivity contribution in [1.29, 1.82) is 0 Å². The van der Waals surface area contributed by atoms with Gasteiger partial charge in [0.1, 0.15) is 19.8 Å². The molecule has 0 saturated heterocycles. The van der Waals surface area contributed by atoms with E-state index in [1.54, 1.807) is 0 Å². The van der Waals surface area contributed by atoms with Crippen molar-refractivity contribution in [2.24, 2.45) is 0 Å². The van der Waals surface area contributed by atoms with E-state index in [0.717, 1.165) is 35.2 Å². The average molecular weight is 351 g/mol. The lowest BCUT2D eigenvalue weighted by Crippen LogP contribution is -2.83. The lowest BCUT2D eigenvalue weighted by molar-refractivity contribution is -0.670. The van der Waals surface area contributed by atoms with Gasteiger partial charge in [-0.05, 0) is 24.6 Å². The number of pyridine rings is 1. The number of quaternary nitrogens is 1. The number of aromatic amines is 1. The number of benzene rings is 2. The van der Waals surface area contributed by atoms with E-state index in [4.69, 9.17) is 9.47 Å². The minimum absolute atomic E-state index is 0.0408. The van der Waals surface area contributed by atoms with Gasteiger partial charge in [-0.15, -0.1) is 0 Å². The summed E-state index contributed by atoms with van der Waals surface area (Å²) < 4.78 is 11.2. The van der Waals surface area contributed by atoms with E-state index in [1.807, 2.05) is 18.2 Å². The van der Waals surface area contributed by atoms with Gasteiger partial charge in [0.2, 0.25) is 0 Å². The summed E-state index contributed by atoms with van der Waals surface area (Å²) in [5.74, 6) is 1.43. The number of hydrogen-bond acceptors (Lipinski definition) is 3. The van der Waals surface area contributed by atoms with Gasteiger partial charge in [-0.25, -0.2) is 0 Å². The number of aryl methyl sites for hydroxylation is 1. The molecule has 0 radical (unpaired) electrons. The van der Waals surface area contributed by atoms with Gasteiger partial charge in [-0.2, -0.15) is 0 Å². The van der Waals surface area contributed by atoms with Crippen LogP contribution in [0, 0.1) is 6.92 Å². The highest BCUT2D eigenvalue weighted by Crippen LogP contribution is 2.33. The van der Waals surface area contributed by atoms with Gasteiger partial charge in [0.25, 0.3) is 5.56 Å². The number of hydrogen-bond donors (Lipinski definition) is 2. The molecule has 2 heterocycles. The Bertz CT molecular complexity index is 994. The molecule has 5 heteroatoms. The van der Waals surface area contributed by atoms with Crippen LogP contribution in [0.15, 0.2) is 47.3 Å². The van der Waals surface area contributed by atoms with Crippen molar-refractivity contribution >= 4 is 10.9 Å². The molecule has 0 aliphatic carbocycles. The SMILES string of the molecule is Cc1cccc(CC[NH2+]Cc2cc3cc4c(cc3[nH]c2=O)OCCO4)c1. The average Bonchev–Trinajstić information content (AvgIpc) is 2.64. The van der Waals surface area contributed by atoms with Crippen LogP contribution in [0.2, 0.25) is 0 Å². The van der Waals surface area contributed by atoms with Crippen molar-refractivity contribution in [2.45, 2.75) is 19.9 Å². The minimum Gasteiger partial charge on any atom is -0.486 e. The molecule has 4 rings (SSSR count). The van der Waals surface area contributed by atoms with Crippen molar-refractivity contribution < 1.29 is 14.8 Å². The molecular weight excluding hydrogens is 328 g/mol. The van der Waals surface area contributed by atoms with Gasteiger partial charge >= 0.3 is 0 Å². The Morgan fingerprint density at radius 1 is 1.08 bits per heavy atom. The summed E-state index contributed by atoms with van der Waals surface area (Å²) in [4.78, 5) is 15.3. The minimum atomic E-state index is -0.0408. The predicted molar refractivity (Wildman–Crippen MR) is 101 cm³/mol. The van der Waals surface area contributed by atoms with E-state index in [2.05, 4.69) is 41.5 Å². The Kier molecular flexibility index (Phi) is 4.63. The third-order valence-corrected chi connectivity index (χ3v) is 4.67. The molecule has 0 unspecified atom stereocenters. The molecule has 0 amide bonds. The quantitative estimate of drug-likeness (QED) is 0.690. The van der Waals surface area contributed by atoms with Gasteiger partial charge in [0, 0.05) is 17.9 Å². The lowest BCUT2D eigenvalue weighted by Gasteiger charge is -2.18. The number of nitrogens with two attached hydrogens (primary N) is 1. The van der Waals surface area contributed by atoms with E-state index in [1.165, 1.54) is 11.1 Å². The largest absolute Gasteiger partial charge is 0.486 e. The first-order valence-corrected chi connectivity index (χ1v) is 9.02. The second-order valence-electron chi connectivity index (χ2n) is 6.73. The first kappa shape index (κ1) is 16.7. The molecule has 1 aromatic heterocycles. The van der Waals surface area contributed by atoms with Crippen LogP contribution in [0.3, 0.4) is 0 Å². The van der Waals surface area contributed by atoms with Gasteiger partial charge < -0.3 is 19.8 Å². The van der Waals surface area contributed by atoms with Crippen LogP contribution in [0.25, 0.3) is 10.9 Å². The van der Waals surface area contributed by atoms with Crippen molar-refractivity contribution in [3.8, 4) is 11.5 Å². The summed E-state index contributed by atoms with van der Waals surface area (Å²) in [6.45, 7) is 4.81. The highest BCUT2D eigenvalue weighted by molar-refractivity contribution is 5.83. The van der Waals surface area contributed by atoms with Gasteiger partial charge in [-0.3, -0.25) is 4.79 Å². The van der Waals surface area contributed by atoms with E-state index < -0.39 is 0 Å². The Morgan fingerprint density at radius 3 is 2.69 bits per heavy atom. The molecule has 0 spiro atoms. The molecule has 134 valence electrons. The van der Waals surface area contributed by atoms with Gasteiger partial charge in [0.15, 0.2) is 11.5 Å². The van der Waals surface area contributed by atoms with Crippen molar-refractivity contribution in [1.82, 2.24) is 4.98 Å². The number of rotatable bonds is 5. The summed E-state index contributed by atoms with van der Waals surface area (Å²) in [6.07, 6.45) is 0.992. The maximum Gasteiger partial charge on any atom is 0.257 e. The Hall–Kier alpha value is -2.79. The smallest absolute Gasteiger partial charge is 0.257 e. The third-order valence-electron chi connectivity index (χ3n) is 4.67. The summed E-state index contributed by atoms with van der Waals surface area (Å²) >= 11 is 0. The fourth-order valence-electron chi connectivity index (χ4n) is 3.33. The molecular formula is C21H23N2O3+. The number of aromatic nitrogens is 1. The maximum absolute atomic E-state index is 12.4.